The first-order valence-electron chi connectivity index (χ1n) is 15.0. The third-order valence-electron chi connectivity index (χ3n) is 9.44. The van der Waals surface area contributed by atoms with Gasteiger partial charge >= 0.3 is 0 Å². The van der Waals surface area contributed by atoms with Gasteiger partial charge < -0.3 is 5.32 Å². The Hall–Kier alpha value is -4.88. The zero-order chi connectivity index (χ0) is 28.0. The molecule has 42 heavy (non-hydrogen) atoms. The van der Waals surface area contributed by atoms with Gasteiger partial charge in [-0.25, -0.2) is 0 Å². The largest absolute Gasteiger partial charge is 0.391 e. The van der Waals surface area contributed by atoms with Crippen molar-refractivity contribution < 1.29 is 0 Å². The van der Waals surface area contributed by atoms with E-state index in [1.165, 1.54) is 66.6 Å². The lowest BCUT2D eigenvalue weighted by Gasteiger charge is -2.39. The Labute approximate surface area is 248 Å². The predicted molar refractivity (Wildman–Crippen MR) is 177 cm³/mol. The number of hydrogen-bond acceptors (Lipinski definition) is 1. The first-order valence-corrected chi connectivity index (χ1v) is 15.0. The normalized spacial score (nSPS) is 20.5. The Morgan fingerprint density at radius 1 is 0.595 bits per heavy atom. The Morgan fingerprint density at radius 2 is 1.21 bits per heavy atom. The highest BCUT2D eigenvalue weighted by Gasteiger charge is 2.37. The van der Waals surface area contributed by atoms with Crippen molar-refractivity contribution in [2.75, 3.05) is 7.05 Å². The monoisotopic (exact) mass is 539 g/mol. The van der Waals surface area contributed by atoms with E-state index >= 15 is 0 Å². The fourth-order valence-electron chi connectivity index (χ4n) is 7.31. The summed E-state index contributed by atoms with van der Waals surface area (Å²) in [6.45, 7) is 0. The van der Waals surface area contributed by atoms with Crippen LogP contribution in [-0.2, 0) is 0 Å². The van der Waals surface area contributed by atoms with E-state index in [4.69, 9.17) is 0 Å². The van der Waals surface area contributed by atoms with Crippen molar-refractivity contribution >= 4 is 16.3 Å². The van der Waals surface area contributed by atoms with Crippen molar-refractivity contribution in [1.29, 1.82) is 0 Å². The maximum atomic E-state index is 3.55. The molecule has 1 nitrogen and oxygen atoms in total. The first-order chi connectivity index (χ1) is 20.8. The van der Waals surface area contributed by atoms with Crippen molar-refractivity contribution in [3.63, 3.8) is 0 Å². The van der Waals surface area contributed by atoms with Crippen LogP contribution in [0.2, 0.25) is 0 Å². The molecule has 0 radical (unpaired) electrons. The minimum absolute atomic E-state index is 0.336. The lowest BCUT2D eigenvalue weighted by Crippen LogP contribution is -2.26. The van der Waals surface area contributed by atoms with Crippen LogP contribution in [0.15, 0.2) is 157 Å². The highest BCUT2D eigenvalue weighted by Crippen LogP contribution is 2.52. The second-order valence-electron chi connectivity index (χ2n) is 11.7. The van der Waals surface area contributed by atoms with E-state index in [0.29, 0.717) is 17.8 Å². The van der Waals surface area contributed by atoms with Crippen molar-refractivity contribution in [2.24, 2.45) is 5.92 Å². The van der Waals surface area contributed by atoms with Crippen molar-refractivity contribution in [3.05, 3.63) is 174 Å². The molecule has 3 aliphatic carbocycles. The smallest absolute Gasteiger partial charge is 0.0278 e. The molecule has 1 N–H and O–H groups in total. The number of benzene rings is 5. The van der Waals surface area contributed by atoms with Gasteiger partial charge in [-0.2, -0.15) is 0 Å². The minimum atomic E-state index is 0.336. The van der Waals surface area contributed by atoms with E-state index in [9.17, 15) is 0 Å². The van der Waals surface area contributed by atoms with E-state index in [1.807, 2.05) is 0 Å². The lowest BCUT2D eigenvalue weighted by molar-refractivity contribution is 0.633. The number of hydrogen-bond donors (Lipinski definition) is 1. The molecule has 0 spiro atoms. The van der Waals surface area contributed by atoms with Gasteiger partial charge in [-0.1, -0.05) is 121 Å². The second kappa shape index (κ2) is 10.2. The summed E-state index contributed by atoms with van der Waals surface area (Å²) in [6, 6.07) is 42.5. The SMILES string of the molecule is CNC1=CC2=C(CC1c1ccccc1)c1ccc(-c3ccc4cc(-c5ccccc5)ccc4c3)cc1C1C=CC=CC21. The molecule has 0 bridgehead atoms. The molecular weight excluding hydrogens is 506 g/mol. The second-order valence-corrected chi connectivity index (χ2v) is 11.7. The summed E-state index contributed by atoms with van der Waals surface area (Å²) in [7, 11) is 2.07. The minimum Gasteiger partial charge on any atom is -0.391 e. The number of nitrogens with one attached hydrogen (secondary N) is 1. The summed E-state index contributed by atoms with van der Waals surface area (Å²) < 4.78 is 0. The van der Waals surface area contributed by atoms with Gasteiger partial charge in [-0.05, 0) is 91.6 Å². The molecule has 1 heteroatoms. The van der Waals surface area contributed by atoms with Crippen LogP contribution in [-0.4, -0.2) is 7.05 Å². The van der Waals surface area contributed by atoms with Crippen LogP contribution >= 0.6 is 0 Å². The molecule has 8 rings (SSSR count). The summed E-state index contributed by atoms with van der Waals surface area (Å²) >= 11 is 0. The molecular formula is C41H33N. The molecule has 0 amide bonds. The van der Waals surface area contributed by atoms with Crippen LogP contribution < -0.4 is 5.32 Å². The Kier molecular flexibility index (Phi) is 6.04. The van der Waals surface area contributed by atoms with Crippen molar-refractivity contribution in [3.8, 4) is 22.3 Å². The average Bonchev–Trinajstić information content (AvgIpc) is 3.08. The molecule has 0 saturated heterocycles. The Bertz CT molecular complexity index is 1940. The van der Waals surface area contributed by atoms with Gasteiger partial charge in [0.2, 0.25) is 0 Å². The van der Waals surface area contributed by atoms with Crippen LogP contribution in [0, 0.1) is 5.92 Å². The fraction of sp³-hybridized carbons (Fsp3) is 0.122. The van der Waals surface area contributed by atoms with Crippen LogP contribution in [0.4, 0.5) is 0 Å². The van der Waals surface area contributed by atoms with Crippen LogP contribution in [0.3, 0.4) is 0 Å². The van der Waals surface area contributed by atoms with E-state index in [-0.39, 0.29) is 0 Å². The zero-order valence-corrected chi connectivity index (χ0v) is 23.8. The molecule has 0 heterocycles. The quantitative estimate of drug-likeness (QED) is 0.240. The summed E-state index contributed by atoms with van der Waals surface area (Å²) in [5.41, 5.74) is 13.6. The van der Waals surface area contributed by atoms with Gasteiger partial charge in [0.15, 0.2) is 0 Å². The molecule has 0 aliphatic heterocycles. The van der Waals surface area contributed by atoms with Crippen molar-refractivity contribution in [1.82, 2.24) is 5.32 Å². The maximum Gasteiger partial charge on any atom is 0.0278 e. The Morgan fingerprint density at radius 3 is 1.93 bits per heavy atom. The molecule has 5 aromatic rings. The van der Waals surface area contributed by atoms with Crippen LogP contribution in [0.1, 0.15) is 34.9 Å². The third kappa shape index (κ3) is 4.16. The topological polar surface area (TPSA) is 12.0 Å². The maximum absolute atomic E-state index is 3.55. The number of rotatable bonds is 4. The zero-order valence-electron chi connectivity index (χ0n) is 23.8. The van der Waals surface area contributed by atoms with Gasteiger partial charge in [0.1, 0.15) is 0 Å². The van der Waals surface area contributed by atoms with Crippen molar-refractivity contribution in [2.45, 2.75) is 18.3 Å². The van der Waals surface area contributed by atoms with Gasteiger partial charge in [-0.3, -0.25) is 0 Å². The van der Waals surface area contributed by atoms with Gasteiger partial charge in [0, 0.05) is 30.5 Å². The van der Waals surface area contributed by atoms with Crippen LogP contribution in [0.25, 0.3) is 38.6 Å². The van der Waals surface area contributed by atoms with E-state index in [2.05, 4.69) is 158 Å². The summed E-state index contributed by atoms with van der Waals surface area (Å²) in [4.78, 5) is 0. The molecule has 0 aromatic heterocycles. The molecule has 3 atom stereocenters. The fourth-order valence-corrected chi connectivity index (χ4v) is 7.31. The van der Waals surface area contributed by atoms with Crippen LogP contribution in [0.5, 0.6) is 0 Å². The summed E-state index contributed by atoms with van der Waals surface area (Å²) in [5, 5.41) is 6.09. The number of fused-ring (bicyclic) bond motifs is 6. The number of allylic oxidation sites excluding steroid dienone is 8. The molecule has 202 valence electrons. The van der Waals surface area contributed by atoms with Gasteiger partial charge in [0.25, 0.3) is 0 Å². The highest BCUT2D eigenvalue weighted by molar-refractivity contribution is 5.91. The van der Waals surface area contributed by atoms with E-state index < -0.39 is 0 Å². The molecule has 0 fully saturated rings. The average molecular weight is 540 g/mol. The van der Waals surface area contributed by atoms with Gasteiger partial charge in [0.05, 0.1) is 0 Å². The van der Waals surface area contributed by atoms with E-state index in [1.54, 1.807) is 0 Å². The van der Waals surface area contributed by atoms with Gasteiger partial charge in [-0.15, -0.1) is 0 Å². The molecule has 0 saturated carbocycles. The third-order valence-corrected chi connectivity index (χ3v) is 9.44. The molecule has 3 unspecified atom stereocenters. The number of likely N-dealkylation sites (N-methyl/N-ethyl adjacent to an activating group) is 1. The first kappa shape index (κ1) is 24.9. The standard InChI is InChI=1S/C41H33N/c1-42-41-26-40-35-15-9-8-14-34(35)38-24-33(20-21-36(38)39(40)25-37(41)28-12-6-3-7-13-28)32-19-18-30-22-29(16-17-31(30)23-32)27-10-4-2-5-11-27/h2-24,26,34-35,37,42H,25H2,1H3. The molecule has 5 aromatic carbocycles. The Balaban J connectivity index is 1.21. The lowest BCUT2D eigenvalue weighted by atomic mass is 9.65. The summed E-state index contributed by atoms with van der Waals surface area (Å²) in [6.07, 6.45) is 12.7. The predicted octanol–water partition coefficient (Wildman–Crippen LogP) is 10.1. The molecule has 3 aliphatic rings. The van der Waals surface area contributed by atoms with E-state index in [0.717, 1.165) is 6.42 Å². The summed E-state index contributed by atoms with van der Waals surface area (Å²) in [5.74, 6) is 1.05. The highest BCUT2D eigenvalue weighted by atomic mass is 14.8.